The van der Waals surface area contributed by atoms with Gasteiger partial charge in [-0.25, -0.2) is 23.2 Å². The molecular formula is C34H30Cl2N6O4S. The van der Waals surface area contributed by atoms with Gasteiger partial charge in [-0.15, -0.1) is 0 Å². The molecule has 1 aromatic heterocycles. The molecule has 1 saturated heterocycles. The molecule has 5 aromatic rings. The van der Waals surface area contributed by atoms with E-state index in [0.717, 1.165) is 27.6 Å². The normalized spacial score (nSPS) is 14.8. The van der Waals surface area contributed by atoms with E-state index in [0.29, 0.717) is 47.4 Å². The van der Waals surface area contributed by atoms with Crippen molar-refractivity contribution in [3.63, 3.8) is 0 Å². The maximum atomic E-state index is 13.4. The van der Waals surface area contributed by atoms with E-state index in [1.165, 1.54) is 34.9 Å². The van der Waals surface area contributed by atoms with E-state index < -0.39 is 16.1 Å². The Morgan fingerprint density at radius 2 is 1.45 bits per heavy atom. The zero-order valence-corrected chi connectivity index (χ0v) is 27.3. The highest BCUT2D eigenvalue weighted by Crippen LogP contribution is 2.36. The average Bonchev–Trinajstić information content (AvgIpc) is 3.07. The first-order valence-corrected chi connectivity index (χ1v) is 17.0. The van der Waals surface area contributed by atoms with Crippen LogP contribution >= 0.6 is 23.2 Å². The fraction of sp³-hybridized carbons (Fsp3) is 0.176. The van der Waals surface area contributed by atoms with Crippen LogP contribution in [0.2, 0.25) is 10.0 Å². The number of carboxylic acid groups (broad SMARTS) is 1. The number of aromatic nitrogens is 2. The summed E-state index contributed by atoms with van der Waals surface area (Å²) in [4.78, 5) is 23.2. The summed E-state index contributed by atoms with van der Waals surface area (Å²) in [5, 5.41) is 14.5. The topological polar surface area (TPSA) is 151 Å². The van der Waals surface area contributed by atoms with Gasteiger partial charge in [-0.1, -0.05) is 53.5 Å². The molecule has 1 fully saturated rings. The minimum Gasteiger partial charge on any atom is -0.463 e. The van der Waals surface area contributed by atoms with E-state index in [1.807, 2.05) is 54.6 Å². The van der Waals surface area contributed by atoms with Crippen molar-refractivity contribution >= 4 is 61.9 Å². The van der Waals surface area contributed by atoms with E-state index in [-0.39, 0.29) is 22.7 Å². The minimum atomic E-state index is -3.77. The van der Waals surface area contributed by atoms with Crippen molar-refractivity contribution in [3.05, 3.63) is 130 Å². The number of nitrogens with two attached hydrogens (primary N) is 1. The van der Waals surface area contributed by atoms with E-state index in [9.17, 15) is 13.2 Å². The number of amidine groups is 1. The lowest BCUT2D eigenvalue weighted by atomic mass is 9.84. The first-order chi connectivity index (χ1) is 22.6. The van der Waals surface area contributed by atoms with Crippen LogP contribution in [0.1, 0.15) is 41.0 Å². The molecule has 240 valence electrons. The molecule has 47 heavy (non-hydrogen) atoms. The first-order valence-electron chi connectivity index (χ1n) is 14.8. The molecule has 0 spiro atoms. The van der Waals surface area contributed by atoms with Gasteiger partial charge in [0.1, 0.15) is 18.0 Å². The third-order valence-corrected chi connectivity index (χ3v) is 10.6. The van der Waals surface area contributed by atoms with Crippen molar-refractivity contribution in [1.82, 2.24) is 14.3 Å². The molecule has 0 atom stereocenters. The van der Waals surface area contributed by atoms with Crippen LogP contribution in [0.15, 0.2) is 107 Å². The van der Waals surface area contributed by atoms with Gasteiger partial charge in [-0.05, 0) is 90.2 Å². The number of nitrogens with one attached hydrogen (secondary N) is 1. The standard InChI is InChI=1S/C34H30Cl2N6O4S/c35-25-8-1-21(2-9-25)31(22-3-10-26(36)11-4-22)24-7-14-30-29(19-24)33(39-20-38-30)40-27-15-17-42(18-16-27)47(45,46)28-12-5-23(6-13-28)32(37)41-34(43)44/h1-14,19-20,27,31H,15-18H2,(H2,37,41)(H,43,44)(H,38,39,40). The smallest absolute Gasteiger partial charge is 0.433 e. The summed E-state index contributed by atoms with van der Waals surface area (Å²) in [6.07, 6.45) is 1.24. The largest absolute Gasteiger partial charge is 0.463 e. The summed E-state index contributed by atoms with van der Waals surface area (Å²) in [6, 6.07) is 27.4. The van der Waals surface area contributed by atoms with Gasteiger partial charge in [-0.3, -0.25) is 0 Å². The number of amides is 1. The Hall–Kier alpha value is -4.55. The number of hydrogen-bond donors (Lipinski definition) is 3. The third kappa shape index (κ3) is 7.23. The van der Waals surface area contributed by atoms with Crippen LogP contribution in [-0.4, -0.2) is 58.9 Å². The summed E-state index contributed by atoms with van der Waals surface area (Å²) in [5.41, 5.74) is 9.98. The lowest BCUT2D eigenvalue weighted by Crippen LogP contribution is -2.42. The maximum absolute atomic E-state index is 13.4. The second kappa shape index (κ2) is 13.7. The number of carbonyl (C=O) groups is 1. The highest BCUT2D eigenvalue weighted by molar-refractivity contribution is 7.89. The summed E-state index contributed by atoms with van der Waals surface area (Å²) < 4.78 is 28.2. The SMILES string of the molecule is NC(=NC(=O)O)c1ccc(S(=O)(=O)N2CCC(Nc3ncnc4ccc(C(c5ccc(Cl)cc5)c5ccc(Cl)cc5)cc34)CC2)cc1. The van der Waals surface area contributed by atoms with E-state index in [4.69, 9.17) is 34.0 Å². The molecule has 1 aliphatic heterocycles. The number of hydrogen-bond acceptors (Lipinski definition) is 6. The fourth-order valence-corrected chi connectivity index (χ4v) is 7.53. The average molecular weight is 690 g/mol. The molecule has 0 unspecified atom stereocenters. The number of sulfonamides is 1. The van der Waals surface area contributed by atoms with Crippen LogP contribution in [0, 0.1) is 0 Å². The maximum Gasteiger partial charge on any atom is 0.433 e. The van der Waals surface area contributed by atoms with Crippen LogP contribution in [0.3, 0.4) is 0 Å². The number of anilines is 1. The van der Waals surface area contributed by atoms with E-state index >= 15 is 0 Å². The van der Waals surface area contributed by atoms with Crippen LogP contribution in [0.4, 0.5) is 10.6 Å². The van der Waals surface area contributed by atoms with Gasteiger partial charge >= 0.3 is 6.09 Å². The van der Waals surface area contributed by atoms with Crippen molar-refractivity contribution in [2.45, 2.75) is 29.7 Å². The van der Waals surface area contributed by atoms with Gasteiger partial charge in [0, 0.05) is 46.0 Å². The molecule has 13 heteroatoms. The monoisotopic (exact) mass is 688 g/mol. The van der Waals surface area contributed by atoms with Gasteiger partial charge in [0.15, 0.2) is 0 Å². The van der Waals surface area contributed by atoms with Crippen LogP contribution < -0.4 is 11.1 Å². The lowest BCUT2D eigenvalue weighted by molar-refractivity contribution is 0.205. The van der Waals surface area contributed by atoms with Crippen molar-refractivity contribution in [3.8, 4) is 0 Å². The molecule has 4 N–H and O–H groups in total. The minimum absolute atomic E-state index is 0.0130. The van der Waals surface area contributed by atoms with Gasteiger partial charge < -0.3 is 16.2 Å². The quantitative estimate of drug-likeness (QED) is 0.0918. The molecule has 1 aliphatic rings. The predicted molar refractivity (Wildman–Crippen MR) is 184 cm³/mol. The molecule has 10 nitrogen and oxygen atoms in total. The highest BCUT2D eigenvalue weighted by Gasteiger charge is 2.30. The Labute approximate surface area is 282 Å². The van der Waals surface area contributed by atoms with Gasteiger partial charge in [0.25, 0.3) is 0 Å². The number of nitrogens with zero attached hydrogens (tertiary/aromatic N) is 4. The number of aliphatic imine (C=N–C) groups is 1. The van der Waals surface area contributed by atoms with Gasteiger partial charge in [0.2, 0.25) is 10.0 Å². The Bertz CT molecular complexity index is 2000. The van der Waals surface area contributed by atoms with Crippen LogP contribution in [0.5, 0.6) is 0 Å². The number of benzene rings is 4. The summed E-state index contributed by atoms with van der Waals surface area (Å²) in [7, 11) is -3.77. The van der Waals surface area contributed by atoms with E-state index in [1.54, 1.807) is 0 Å². The molecular weight excluding hydrogens is 659 g/mol. The summed E-state index contributed by atoms with van der Waals surface area (Å²) in [6.45, 7) is 0.627. The highest BCUT2D eigenvalue weighted by atomic mass is 35.5. The predicted octanol–water partition coefficient (Wildman–Crippen LogP) is 6.77. The number of piperidine rings is 1. The Balaban J connectivity index is 1.21. The fourth-order valence-electron chi connectivity index (χ4n) is 5.80. The second-order valence-electron chi connectivity index (χ2n) is 11.2. The molecule has 0 aliphatic carbocycles. The van der Waals surface area contributed by atoms with Gasteiger partial charge in [-0.2, -0.15) is 9.30 Å². The van der Waals surface area contributed by atoms with E-state index in [2.05, 4.69) is 32.4 Å². The molecule has 2 heterocycles. The zero-order valence-electron chi connectivity index (χ0n) is 24.9. The molecule has 4 aromatic carbocycles. The number of fused-ring (bicyclic) bond motifs is 1. The lowest BCUT2D eigenvalue weighted by Gasteiger charge is -2.32. The van der Waals surface area contributed by atoms with Gasteiger partial charge in [0.05, 0.1) is 10.4 Å². The Morgan fingerprint density at radius 3 is 2.02 bits per heavy atom. The van der Waals surface area contributed by atoms with Crippen molar-refractivity contribution in [2.24, 2.45) is 10.7 Å². The molecule has 1 amide bonds. The van der Waals surface area contributed by atoms with Crippen LogP contribution in [0.25, 0.3) is 10.9 Å². The van der Waals surface area contributed by atoms with Crippen molar-refractivity contribution in [2.75, 3.05) is 18.4 Å². The summed E-state index contributed by atoms with van der Waals surface area (Å²) >= 11 is 12.4. The third-order valence-electron chi connectivity index (χ3n) is 8.20. The Kier molecular flexibility index (Phi) is 9.42. The molecule has 6 rings (SSSR count). The Morgan fingerprint density at radius 1 is 0.872 bits per heavy atom. The molecule has 0 bridgehead atoms. The van der Waals surface area contributed by atoms with Crippen molar-refractivity contribution in [1.29, 1.82) is 0 Å². The van der Waals surface area contributed by atoms with Crippen LogP contribution in [-0.2, 0) is 10.0 Å². The molecule has 0 radical (unpaired) electrons. The molecule has 0 saturated carbocycles. The van der Waals surface area contributed by atoms with Crippen molar-refractivity contribution < 1.29 is 18.3 Å². The number of rotatable bonds is 8. The second-order valence-corrected chi connectivity index (χ2v) is 14.0. The summed E-state index contributed by atoms with van der Waals surface area (Å²) in [5.74, 6) is 0.383. The first kappa shape index (κ1) is 32.4. The zero-order chi connectivity index (χ0) is 33.1. The number of halogens is 2.